The van der Waals surface area contributed by atoms with Crippen molar-refractivity contribution >= 4 is 29.5 Å². The zero-order chi connectivity index (χ0) is 23.1. The molecule has 0 bridgehead atoms. The molecule has 4 rings (SSSR count). The summed E-state index contributed by atoms with van der Waals surface area (Å²) in [6, 6.07) is -0.340. The third-order valence-electron chi connectivity index (χ3n) is 9.42. The van der Waals surface area contributed by atoms with Crippen LogP contribution in [-0.4, -0.2) is 49.0 Å². The van der Waals surface area contributed by atoms with E-state index in [1.54, 1.807) is 17.8 Å². The Bertz CT molecular complexity index is 801. The lowest BCUT2D eigenvalue weighted by atomic mass is 9.48. The monoisotopic (exact) mass is 462 g/mol. The summed E-state index contributed by atoms with van der Waals surface area (Å²) >= 11 is 1.67. The minimum atomic E-state index is -0.565. The highest BCUT2D eigenvalue weighted by molar-refractivity contribution is 7.98. The van der Waals surface area contributed by atoms with Crippen LogP contribution < -0.4 is 10.6 Å². The van der Waals surface area contributed by atoms with E-state index in [0.717, 1.165) is 44.3 Å². The summed E-state index contributed by atoms with van der Waals surface area (Å²) in [4.78, 5) is 37.5. The number of rotatable bonds is 6. The van der Waals surface area contributed by atoms with Crippen molar-refractivity contribution < 1.29 is 19.1 Å². The second-order valence-electron chi connectivity index (χ2n) is 10.8. The second-order valence-corrected chi connectivity index (χ2v) is 11.7. The van der Waals surface area contributed by atoms with Gasteiger partial charge < -0.3 is 15.4 Å². The van der Waals surface area contributed by atoms with Crippen LogP contribution in [0.3, 0.4) is 0 Å². The van der Waals surface area contributed by atoms with Gasteiger partial charge in [-0.05, 0) is 86.2 Å². The largest absolute Gasteiger partial charge is 0.467 e. The van der Waals surface area contributed by atoms with Crippen molar-refractivity contribution in [2.24, 2.45) is 34.5 Å². The highest BCUT2D eigenvalue weighted by Gasteiger charge is 2.61. The molecule has 4 aliphatic rings. The summed E-state index contributed by atoms with van der Waals surface area (Å²) in [6.45, 7) is 4.63. The molecule has 0 spiro atoms. The number of thioether (sulfide) groups is 1. The maximum absolute atomic E-state index is 13.4. The Morgan fingerprint density at radius 2 is 2.00 bits per heavy atom. The molecule has 1 aliphatic heterocycles. The molecule has 8 atom stereocenters. The van der Waals surface area contributed by atoms with Gasteiger partial charge in [0.2, 0.25) is 11.8 Å². The van der Waals surface area contributed by atoms with E-state index >= 15 is 0 Å². The van der Waals surface area contributed by atoms with E-state index in [1.807, 2.05) is 6.26 Å². The van der Waals surface area contributed by atoms with E-state index in [2.05, 4.69) is 30.6 Å². The first kappa shape index (κ1) is 23.7. The molecule has 2 amide bonds. The van der Waals surface area contributed by atoms with E-state index in [-0.39, 0.29) is 40.6 Å². The fourth-order valence-corrected chi connectivity index (χ4v) is 8.13. The van der Waals surface area contributed by atoms with Crippen LogP contribution in [0.2, 0.25) is 0 Å². The van der Waals surface area contributed by atoms with E-state index in [1.165, 1.54) is 7.11 Å². The smallest absolute Gasteiger partial charge is 0.328 e. The standard InChI is InChI=1S/C25H38N2O4S/c1-24-12-9-17-15(5-8-20-25(17,2)13-10-21(28)27-20)16(24)6-7-18(24)22(29)26-19(11-14-32-4)23(30)31-3/h10,13,15-20H,5-9,11-12,14H2,1-4H3,(H,26,29)(H,27,28)/t15-,16-,17+,18?,19?,20?,24-,25+/m0/s1. The number of fused-ring (bicyclic) bond motifs is 5. The number of hydrogen-bond donors (Lipinski definition) is 2. The van der Waals surface area contributed by atoms with Crippen LogP contribution in [-0.2, 0) is 19.1 Å². The molecule has 32 heavy (non-hydrogen) atoms. The van der Waals surface area contributed by atoms with Crippen LogP contribution in [0.25, 0.3) is 0 Å². The molecular formula is C25H38N2O4S. The van der Waals surface area contributed by atoms with Gasteiger partial charge in [0.15, 0.2) is 0 Å². The number of esters is 1. The SMILES string of the molecule is COC(=O)C(CCSC)NC(=O)C1CC[C@H]2[C@@H]3CCC4NC(=O)C=C[C@]4(C)[C@@H]3CC[C@]12C. The predicted molar refractivity (Wildman–Crippen MR) is 126 cm³/mol. The minimum absolute atomic E-state index is 0.00625. The van der Waals surface area contributed by atoms with Gasteiger partial charge in [0.1, 0.15) is 6.04 Å². The molecule has 0 aromatic rings. The maximum Gasteiger partial charge on any atom is 0.328 e. The quantitative estimate of drug-likeness (QED) is 0.592. The first-order valence-electron chi connectivity index (χ1n) is 12.1. The highest BCUT2D eigenvalue weighted by atomic mass is 32.2. The first-order chi connectivity index (χ1) is 15.2. The molecule has 7 heteroatoms. The number of carbonyl (C=O) groups excluding carboxylic acids is 3. The lowest BCUT2D eigenvalue weighted by Crippen LogP contribution is -2.59. The number of methoxy groups -OCH3 is 1. The fraction of sp³-hybridized carbons (Fsp3) is 0.800. The molecule has 1 heterocycles. The number of amides is 2. The van der Waals surface area contributed by atoms with Crippen LogP contribution in [0, 0.1) is 34.5 Å². The molecule has 0 radical (unpaired) electrons. The Morgan fingerprint density at radius 1 is 1.22 bits per heavy atom. The summed E-state index contributed by atoms with van der Waals surface area (Å²) in [5.41, 5.74) is -0.0252. The van der Waals surface area contributed by atoms with Gasteiger partial charge in [-0.1, -0.05) is 19.9 Å². The van der Waals surface area contributed by atoms with Gasteiger partial charge in [0.05, 0.1) is 7.11 Å². The fourth-order valence-electron chi connectivity index (χ4n) is 7.66. The molecule has 0 aromatic heterocycles. The topological polar surface area (TPSA) is 84.5 Å². The molecule has 0 aromatic carbocycles. The molecule has 178 valence electrons. The lowest BCUT2D eigenvalue weighted by Gasteiger charge is -2.58. The van der Waals surface area contributed by atoms with Crippen molar-refractivity contribution in [1.82, 2.24) is 10.6 Å². The number of carbonyl (C=O) groups is 3. The molecule has 0 saturated heterocycles. The average molecular weight is 463 g/mol. The van der Waals surface area contributed by atoms with Gasteiger partial charge >= 0.3 is 5.97 Å². The van der Waals surface area contributed by atoms with E-state index in [9.17, 15) is 14.4 Å². The van der Waals surface area contributed by atoms with Gasteiger partial charge in [-0.25, -0.2) is 4.79 Å². The molecule has 2 N–H and O–H groups in total. The highest BCUT2D eigenvalue weighted by Crippen LogP contribution is 2.65. The van der Waals surface area contributed by atoms with Crippen LogP contribution >= 0.6 is 11.8 Å². The van der Waals surface area contributed by atoms with Gasteiger partial charge in [0.25, 0.3) is 0 Å². The number of hydrogen-bond acceptors (Lipinski definition) is 5. The third kappa shape index (κ3) is 3.88. The van der Waals surface area contributed by atoms with Crippen molar-refractivity contribution in [2.45, 2.75) is 70.9 Å². The Hall–Kier alpha value is -1.50. The summed E-state index contributed by atoms with van der Waals surface area (Å²) in [5.74, 6) is 2.10. The van der Waals surface area contributed by atoms with E-state index in [4.69, 9.17) is 4.74 Å². The molecular weight excluding hydrogens is 424 g/mol. The normalized spacial score (nSPS) is 41.0. The maximum atomic E-state index is 13.4. The van der Waals surface area contributed by atoms with Gasteiger partial charge in [0, 0.05) is 17.4 Å². The summed E-state index contributed by atoms with van der Waals surface area (Å²) in [6.07, 6.45) is 12.7. The van der Waals surface area contributed by atoms with E-state index in [0.29, 0.717) is 24.2 Å². The zero-order valence-corrected chi connectivity index (χ0v) is 20.6. The molecule has 3 saturated carbocycles. The van der Waals surface area contributed by atoms with Crippen LogP contribution in [0.15, 0.2) is 12.2 Å². The van der Waals surface area contributed by atoms with Crippen LogP contribution in [0.1, 0.15) is 58.8 Å². The Labute approximate surface area is 196 Å². The third-order valence-corrected chi connectivity index (χ3v) is 10.1. The van der Waals surface area contributed by atoms with Gasteiger partial charge in [-0.15, -0.1) is 0 Å². The summed E-state index contributed by atoms with van der Waals surface area (Å²) in [7, 11) is 1.38. The molecule has 3 aliphatic carbocycles. The predicted octanol–water partition coefficient (Wildman–Crippen LogP) is 3.31. The zero-order valence-electron chi connectivity index (χ0n) is 19.8. The van der Waals surface area contributed by atoms with Gasteiger partial charge in [-0.2, -0.15) is 11.8 Å². The number of nitrogens with one attached hydrogen (secondary N) is 2. The number of ether oxygens (including phenoxy) is 1. The molecule has 6 nitrogen and oxygen atoms in total. The summed E-state index contributed by atoms with van der Waals surface area (Å²) in [5, 5.41) is 6.25. The van der Waals surface area contributed by atoms with Crippen molar-refractivity contribution in [1.29, 1.82) is 0 Å². The van der Waals surface area contributed by atoms with Crippen molar-refractivity contribution in [2.75, 3.05) is 19.1 Å². The average Bonchev–Trinajstić information content (AvgIpc) is 3.13. The molecule has 3 fully saturated rings. The Morgan fingerprint density at radius 3 is 2.72 bits per heavy atom. The van der Waals surface area contributed by atoms with Crippen LogP contribution in [0.5, 0.6) is 0 Å². The molecule has 3 unspecified atom stereocenters. The lowest BCUT2D eigenvalue weighted by molar-refractivity contribution is -0.147. The summed E-state index contributed by atoms with van der Waals surface area (Å²) < 4.78 is 4.95. The second kappa shape index (κ2) is 9.03. The van der Waals surface area contributed by atoms with Crippen molar-refractivity contribution in [3.8, 4) is 0 Å². The minimum Gasteiger partial charge on any atom is -0.467 e. The van der Waals surface area contributed by atoms with Crippen LogP contribution in [0.4, 0.5) is 0 Å². The first-order valence-corrected chi connectivity index (χ1v) is 13.5. The Kier molecular flexibility index (Phi) is 6.68. The van der Waals surface area contributed by atoms with E-state index < -0.39 is 6.04 Å². The van der Waals surface area contributed by atoms with Gasteiger partial charge in [-0.3, -0.25) is 9.59 Å². The Balaban J connectivity index is 1.50. The van der Waals surface area contributed by atoms with Crippen molar-refractivity contribution in [3.63, 3.8) is 0 Å². The van der Waals surface area contributed by atoms with Crippen molar-refractivity contribution in [3.05, 3.63) is 12.2 Å².